The molecule has 0 bridgehead atoms. The molecule has 0 unspecified atom stereocenters. The third-order valence-corrected chi connectivity index (χ3v) is 4.43. The van der Waals surface area contributed by atoms with Crippen LogP contribution in [0.5, 0.6) is 0 Å². The van der Waals surface area contributed by atoms with Crippen LogP contribution in [0.15, 0.2) is 18.3 Å². The minimum atomic E-state index is -0.704. The summed E-state index contributed by atoms with van der Waals surface area (Å²) in [5, 5.41) is 0. The number of hydrogen-bond donors (Lipinski definition) is 3. The smallest absolute Gasteiger partial charge is 0.251 e. The number of amides is 1. The minimum absolute atomic E-state index is 0.0715. The molecule has 1 saturated heterocycles. The van der Waals surface area contributed by atoms with E-state index >= 15 is 0 Å². The molecule has 2 heterocycles. The molecule has 0 radical (unpaired) electrons. The van der Waals surface area contributed by atoms with Crippen molar-refractivity contribution in [2.45, 2.75) is 12.8 Å². The first-order valence-electron chi connectivity index (χ1n) is 7.59. The summed E-state index contributed by atoms with van der Waals surface area (Å²) < 4.78 is 13.6. The number of halogens is 1. The van der Waals surface area contributed by atoms with E-state index < -0.39 is 11.7 Å². The number of hydrogen-bond acceptors (Lipinski definition) is 4. The Labute approximate surface area is 133 Å². The van der Waals surface area contributed by atoms with Crippen LogP contribution in [0, 0.1) is 11.7 Å². The SMILES string of the molecule is CN1CCC(C(=CN)c2nc3c(C(N)=O)cc(F)cc3[nH]2)CC1. The largest absolute Gasteiger partial charge is 0.404 e. The van der Waals surface area contributed by atoms with Crippen molar-refractivity contribution in [2.75, 3.05) is 20.1 Å². The number of piperidine rings is 1. The fourth-order valence-electron chi connectivity index (χ4n) is 3.13. The van der Waals surface area contributed by atoms with Crippen LogP contribution in [0.2, 0.25) is 0 Å². The van der Waals surface area contributed by atoms with Gasteiger partial charge in [-0.15, -0.1) is 0 Å². The number of allylic oxidation sites excluding steroid dienone is 1. The number of H-pyrrole nitrogens is 1. The third-order valence-electron chi connectivity index (χ3n) is 4.43. The second-order valence-corrected chi connectivity index (χ2v) is 6.00. The number of aromatic nitrogens is 2. The number of aromatic amines is 1. The molecule has 122 valence electrons. The highest BCUT2D eigenvalue weighted by atomic mass is 19.1. The molecule has 1 amide bonds. The Bertz CT molecular complexity index is 774. The molecule has 0 aliphatic carbocycles. The van der Waals surface area contributed by atoms with Gasteiger partial charge < -0.3 is 21.4 Å². The summed E-state index contributed by atoms with van der Waals surface area (Å²) in [6.45, 7) is 1.98. The fourth-order valence-corrected chi connectivity index (χ4v) is 3.13. The fraction of sp³-hybridized carbons (Fsp3) is 0.375. The zero-order chi connectivity index (χ0) is 16.6. The first kappa shape index (κ1) is 15.5. The summed E-state index contributed by atoms with van der Waals surface area (Å²) in [5.41, 5.74) is 12.9. The number of likely N-dealkylation sites (tertiary alicyclic amines) is 1. The second kappa shape index (κ2) is 6.00. The summed E-state index contributed by atoms with van der Waals surface area (Å²) in [4.78, 5) is 21.3. The predicted molar refractivity (Wildman–Crippen MR) is 87.0 cm³/mol. The molecule has 1 aromatic carbocycles. The van der Waals surface area contributed by atoms with E-state index in [0.717, 1.165) is 37.6 Å². The molecule has 7 heteroatoms. The zero-order valence-corrected chi connectivity index (χ0v) is 13.0. The van der Waals surface area contributed by atoms with Crippen molar-refractivity contribution >= 4 is 22.5 Å². The molecular weight excluding hydrogens is 297 g/mol. The Morgan fingerprint density at radius 2 is 2.13 bits per heavy atom. The van der Waals surface area contributed by atoms with Gasteiger partial charge in [-0.05, 0) is 51.0 Å². The third kappa shape index (κ3) is 2.92. The molecule has 0 spiro atoms. The van der Waals surface area contributed by atoms with Gasteiger partial charge in [0.1, 0.15) is 17.2 Å². The van der Waals surface area contributed by atoms with Gasteiger partial charge >= 0.3 is 0 Å². The quantitative estimate of drug-likeness (QED) is 0.797. The highest BCUT2D eigenvalue weighted by molar-refractivity contribution is 6.04. The van der Waals surface area contributed by atoms with Crippen LogP contribution < -0.4 is 11.5 Å². The number of primary amides is 1. The number of nitrogens with zero attached hydrogens (tertiary/aromatic N) is 2. The van der Waals surface area contributed by atoms with E-state index in [1.807, 2.05) is 0 Å². The van der Waals surface area contributed by atoms with E-state index in [2.05, 4.69) is 21.9 Å². The van der Waals surface area contributed by atoms with Crippen LogP contribution >= 0.6 is 0 Å². The molecule has 1 fully saturated rings. The van der Waals surface area contributed by atoms with Crippen molar-refractivity contribution < 1.29 is 9.18 Å². The van der Waals surface area contributed by atoms with Crippen molar-refractivity contribution in [1.29, 1.82) is 0 Å². The second-order valence-electron chi connectivity index (χ2n) is 6.00. The Morgan fingerprint density at radius 3 is 2.74 bits per heavy atom. The van der Waals surface area contributed by atoms with E-state index in [1.165, 1.54) is 6.07 Å². The number of fused-ring (bicyclic) bond motifs is 1. The molecule has 2 aromatic rings. The molecule has 0 saturated carbocycles. The molecule has 1 aliphatic rings. The first-order chi connectivity index (χ1) is 11.0. The van der Waals surface area contributed by atoms with Crippen LogP contribution in [-0.4, -0.2) is 40.9 Å². The van der Waals surface area contributed by atoms with Crippen LogP contribution in [0.3, 0.4) is 0 Å². The van der Waals surface area contributed by atoms with Crippen LogP contribution in [0.25, 0.3) is 16.6 Å². The van der Waals surface area contributed by atoms with Crippen molar-refractivity contribution in [3.05, 3.63) is 35.5 Å². The standard InChI is InChI=1S/C16H20FN5O/c1-22-4-2-9(3-5-22)12(8-18)16-20-13-7-10(17)6-11(15(19)23)14(13)21-16/h6-9H,2-5,18H2,1H3,(H2,19,23)(H,20,21). The lowest BCUT2D eigenvalue weighted by Gasteiger charge is -2.29. The summed E-state index contributed by atoms with van der Waals surface area (Å²) >= 11 is 0. The number of nitrogens with two attached hydrogens (primary N) is 2. The maximum atomic E-state index is 13.6. The molecule has 0 atom stereocenters. The molecule has 1 aliphatic heterocycles. The van der Waals surface area contributed by atoms with Gasteiger partial charge in [-0.25, -0.2) is 9.37 Å². The van der Waals surface area contributed by atoms with E-state index in [0.29, 0.717) is 22.8 Å². The number of imidazole rings is 1. The molecule has 3 rings (SSSR count). The van der Waals surface area contributed by atoms with Gasteiger partial charge in [-0.3, -0.25) is 4.79 Å². The van der Waals surface area contributed by atoms with E-state index in [1.54, 1.807) is 6.20 Å². The van der Waals surface area contributed by atoms with Gasteiger partial charge in [-0.1, -0.05) is 0 Å². The van der Waals surface area contributed by atoms with Crippen LogP contribution in [0.1, 0.15) is 29.0 Å². The summed E-state index contributed by atoms with van der Waals surface area (Å²) in [7, 11) is 2.09. The summed E-state index contributed by atoms with van der Waals surface area (Å²) in [6, 6.07) is 2.41. The lowest BCUT2D eigenvalue weighted by molar-refractivity contribution is 0.100. The minimum Gasteiger partial charge on any atom is -0.404 e. The topological polar surface area (TPSA) is 101 Å². The average molecular weight is 317 g/mol. The van der Waals surface area contributed by atoms with Crippen molar-refractivity contribution in [3.63, 3.8) is 0 Å². The van der Waals surface area contributed by atoms with E-state index in [-0.39, 0.29) is 5.56 Å². The zero-order valence-electron chi connectivity index (χ0n) is 13.0. The van der Waals surface area contributed by atoms with Gasteiger partial charge in [-0.2, -0.15) is 0 Å². The maximum Gasteiger partial charge on any atom is 0.251 e. The number of benzene rings is 1. The number of rotatable bonds is 3. The highest BCUT2D eigenvalue weighted by Gasteiger charge is 2.24. The van der Waals surface area contributed by atoms with E-state index in [4.69, 9.17) is 11.5 Å². The Kier molecular flexibility index (Phi) is 4.04. The first-order valence-corrected chi connectivity index (χ1v) is 7.59. The molecule has 5 N–H and O–H groups in total. The predicted octanol–water partition coefficient (Wildman–Crippen LogP) is 1.44. The summed E-state index contributed by atoms with van der Waals surface area (Å²) in [6.07, 6.45) is 3.51. The lowest BCUT2D eigenvalue weighted by Crippen LogP contribution is -2.31. The van der Waals surface area contributed by atoms with E-state index in [9.17, 15) is 9.18 Å². The monoisotopic (exact) mass is 317 g/mol. The van der Waals surface area contributed by atoms with Crippen molar-refractivity contribution in [1.82, 2.24) is 14.9 Å². The van der Waals surface area contributed by atoms with Crippen molar-refractivity contribution in [3.8, 4) is 0 Å². The Hall–Kier alpha value is -2.41. The molecular formula is C16H20FN5O. The number of carbonyl (C=O) groups excluding carboxylic acids is 1. The van der Waals surface area contributed by atoms with Gasteiger partial charge in [0.25, 0.3) is 5.91 Å². The van der Waals surface area contributed by atoms with Gasteiger partial charge in [0.15, 0.2) is 0 Å². The Morgan fingerprint density at radius 1 is 1.43 bits per heavy atom. The maximum absolute atomic E-state index is 13.6. The van der Waals surface area contributed by atoms with Gasteiger partial charge in [0, 0.05) is 11.8 Å². The van der Waals surface area contributed by atoms with Crippen LogP contribution in [-0.2, 0) is 0 Å². The van der Waals surface area contributed by atoms with Gasteiger partial charge in [0.2, 0.25) is 0 Å². The normalized spacial score (nSPS) is 17.7. The molecule has 1 aromatic heterocycles. The Balaban J connectivity index is 2.02. The summed E-state index contributed by atoms with van der Waals surface area (Å²) in [5.74, 6) is -0.368. The molecule has 6 nitrogen and oxygen atoms in total. The van der Waals surface area contributed by atoms with Gasteiger partial charge in [0.05, 0.1) is 11.1 Å². The lowest BCUT2D eigenvalue weighted by atomic mass is 9.89. The average Bonchev–Trinajstić information content (AvgIpc) is 2.92. The van der Waals surface area contributed by atoms with Crippen LogP contribution in [0.4, 0.5) is 4.39 Å². The van der Waals surface area contributed by atoms with Crippen molar-refractivity contribution in [2.24, 2.45) is 17.4 Å². The highest BCUT2D eigenvalue weighted by Crippen LogP contribution is 2.31. The molecule has 23 heavy (non-hydrogen) atoms. The number of nitrogens with one attached hydrogen (secondary N) is 1. The number of carbonyl (C=O) groups is 1.